The van der Waals surface area contributed by atoms with Gasteiger partial charge in [0.2, 0.25) is 0 Å². The molecule has 0 aliphatic carbocycles. The number of benzene rings is 1. The highest BCUT2D eigenvalue weighted by Gasteiger charge is 2.24. The molecule has 2 nitrogen and oxygen atoms in total. The van der Waals surface area contributed by atoms with Gasteiger partial charge in [0.15, 0.2) is 5.78 Å². The fourth-order valence-corrected chi connectivity index (χ4v) is 3.28. The SMILES string of the molecule is CC1(C)CCN(CC(=O)c2ccccc2)CCS1. The molecule has 98 valence electrons. The molecule has 18 heavy (non-hydrogen) atoms. The first-order chi connectivity index (χ1) is 8.57. The average molecular weight is 263 g/mol. The monoisotopic (exact) mass is 263 g/mol. The lowest BCUT2D eigenvalue weighted by atomic mass is 10.1. The molecule has 0 spiro atoms. The van der Waals surface area contributed by atoms with E-state index in [4.69, 9.17) is 0 Å². The van der Waals surface area contributed by atoms with Crippen molar-refractivity contribution in [3.8, 4) is 0 Å². The second kappa shape index (κ2) is 5.89. The molecule has 1 aliphatic rings. The summed E-state index contributed by atoms with van der Waals surface area (Å²) < 4.78 is 0.352. The molecule has 0 amide bonds. The molecule has 0 bridgehead atoms. The summed E-state index contributed by atoms with van der Waals surface area (Å²) >= 11 is 2.01. The zero-order chi connectivity index (χ0) is 13.0. The van der Waals surface area contributed by atoms with Crippen molar-refractivity contribution in [1.29, 1.82) is 0 Å². The number of thioether (sulfide) groups is 1. The Morgan fingerprint density at radius 2 is 2.00 bits per heavy atom. The molecule has 2 rings (SSSR count). The summed E-state index contributed by atoms with van der Waals surface area (Å²) in [6.45, 7) is 7.19. The Kier molecular flexibility index (Phi) is 4.46. The van der Waals surface area contributed by atoms with Crippen molar-refractivity contribution in [2.75, 3.05) is 25.4 Å². The van der Waals surface area contributed by atoms with Crippen molar-refractivity contribution < 1.29 is 4.79 Å². The molecular weight excluding hydrogens is 242 g/mol. The van der Waals surface area contributed by atoms with Crippen LogP contribution in [0, 0.1) is 0 Å². The lowest BCUT2D eigenvalue weighted by Crippen LogP contribution is -2.32. The van der Waals surface area contributed by atoms with E-state index in [1.165, 1.54) is 0 Å². The summed E-state index contributed by atoms with van der Waals surface area (Å²) in [5, 5.41) is 0. The molecule has 1 aliphatic heterocycles. The van der Waals surface area contributed by atoms with Gasteiger partial charge >= 0.3 is 0 Å². The van der Waals surface area contributed by atoms with Crippen LogP contribution in [0.25, 0.3) is 0 Å². The maximum absolute atomic E-state index is 12.1. The normalized spacial score (nSPS) is 20.3. The minimum Gasteiger partial charge on any atom is -0.295 e. The van der Waals surface area contributed by atoms with E-state index in [2.05, 4.69) is 18.7 Å². The first kappa shape index (κ1) is 13.6. The molecule has 1 fully saturated rings. The smallest absolute Gasteiger partial charge is 0.176 e. The van der Waals surface area contributed by atoms with Crippen LogP contribution in [-0.2, 0) is 0 Å². The van der Waals surface area contributed by atoms with Crippen LogP contribution < -0.4 is 0 Å². The minimum absolute atomic E-state index is 0.236. The Balaban J connectivity index is 1.92. The number of rotatable bonds is 3. The largest absolute Gasteiger partial charge is 0.295 e. The van der Waals surface area contributed by atoms with Crippen LogP contribution in [0.3, 0.4) is 0 Å². The van der Waals surface area contributed by atoms with Crippen LogP contribution in [0.1, 0.15) is 30.6 Å². The fraction of sp³-hybridized carbons (Fsp3) is 0.533. The first-order valence-corrected chi connectivity index (χ1v) is 7.50. The van der Waals surface area contributed by atoms with Gasteiger partial charge in [-0.05, 0) is 13.0 Å². The zero-order valence-electron chi connectivity index (χ0n) is 11.2. The Morgan fingerprint density at radius 3 is 2.72 bits per heavy atom. The first-order valence-electron chi connectivity index (χ1n) is 6.51. The van der Waals surface area contributed by atoms with Crippen LogP contribution in [0.5, 0.6) is 0 Å². The van der Waals surface area contributed by atoms with Gasteiger partial charge in [0.25, 0.3) is 0 Å². The Bertz CT molecular complexity index is 402. The Morgan fingerprint density at radius 1 is 1.28 bits per heavy atom. The van der Waals surface area contributed by atoms with Crippen molar-refractivity contribution in [1.82, 2.24) is 4.90 Å². The van der Waals surface area contributed by atoms with E-state index < -0.39 is 0 Å². The van der Waals surface area contributed by atoms with Crippen molar-refractivity contribution in [3.05, 3.63) is 35.9 Å². The van der Waals surface area contributed by atoms with Gasteiger partial charge < -0.3 is 0 Å². The molecule has 0 radical (unpaired) electrons. The lowest BCUT2D eigenvalue weighted by molar-refractivity contribution is 0.0934. The van der Waals surface area contributed by atoms with Gasteiger partial charge in [0, 0.05) is 22.6 Å². The second-order valence-corrected chi connectivity index (χ2v) is 7.23. The molecule has 0 aromatic heterocycles. The molecule has 3 heteroatoms. The fourth-order valence-electron chi connectivity index (χ4n) is 2.14. The van der Waals surface area contributed by atoms with Gasteiger partial charge in [0.1, 0.15) is 0 Å². The predicted molar refractivity (Wildman–Crippen MR) is 78.4 cm³/mol. The number of nitrogens with zero attached hydrogens (tertiary/aromatic N) is 1. The number of hydrogen-bond acceptors (Lipinski definition) is 3. The van der Waals surface area contributed by atoms with Crippen LogP contribution in [0.15, 0.2) is 30.3 Å². The standard InChI is InChI=1S/C15H21NOS/c1-15(2)8-9-16(10-11-18-15)12-14(17)13-6-4-3-5-7-13/h3-7H,8-12H2,1-2H3. The van der Waals surface area contributed by atoms with Gasteiger partial charge in [0.05, 0.1) is 6.54 Å². The third-order valence-corrected chi connectivity index (χ3v) is 4.77. The summed E-state index contributed by atoms with van der Waals surface area (Å²) in [6, 6.07) is 9.60. The Hall–Kier alpha value is -0.800. The van der Waals surface area contributed by atoms with Crippen molar-refractivity contribution in [2.45, 2.75) is 25.0 Å². The third-order valence-electron chi connectivity index (χ3n) is 3.39. The maximum Gasteiger partial charge on any atom is 0.176 e. The zero-order valence-corrected chi connectivity index (χ0v) is 12.0. The number of ketones is 1. The van der Waals surface area contributed by atoms with E-state index in [1.54, 1.807) is 0 Å². The maximum atomic E-state index is 12.1. The summed E-state index contributed by atoms with van der Waals surface area (Å²) in [7, 11) is 0. The van der Waals surface area contributed by atoms with E-state index in [-0.39, 0.29) is 5.78 Å². The van der Waals surface area contributed by atoms with E-state index >= 15 is 0 Å². The van der Waals surface area contributed by atoms with Gasteiger partial charge in [-0.15, -0.1) is 0 Å². The van der Waals surface area contributed by atoms with Gasteiger partial charge in [-0.3, -0.25) is 9.69 Å². The van der Waals surface area contributed by atoms with Crippen molar-refractivity contribution >= 4 is 17.5 Å². The predicted octanol–water partition coefficient (Wildman–Crippen LogP) is 3.09. The van der Waals surface area contributed by atoms with Gasteiger partial charge in [-0.1, -0.05) is 44.2 Å². The lowest BCUT2D eigenvalue weighted by Gasteiger charge is -2.22. The molecule has 1 aromatic rings. The van der Waals surface area contributed by atoms with E-state index in [1.807, 2.05) is 42.1 Å². The second-order valence-electron chi connectivity index (χ2n) is 5.42. The molecule has 1 aromatic carbocycles. The highest BCUT2D eigenvalue weighted by Crippen LogP contribution is 2.30. The number of Topliss-reactive ketones (excluding diaryl/α,β-unsaturated/α-hetero) is 1. The minimum atomic E-state index is 0.236. The summed E-state index contributed by atoms with van der Waals surface area (Å²) in [6.07, 6.45) is 1.15. The molecule has 0 unspecified atom stereocenters. The molecule has 0 atom stereocenters. The number of hydrogen-bond donors (Lipinski definition) is 0. The molecule has 1 saturated heterocycles. The van der Waals surface area contributed by atoms with E-state index in [0.29, 0.717) is 11.3 Å². The van der Waals surface area contributed by atoms with E-state index in [0.717, 1.165) is 30.8 Å². The van der Waals surface area contributed by atoms with Gasteiger partial charge in [-0.2, -0.15) is 11.8 Å². The number of carbonyl (C=O) groups excluding carboxylic acids is 1. The summed E-state index contributed by atoms with van der Waals surface area (Å²) in [4.78, 5) is 14.4. The van der Waals surface area contributed by atoms with Crippen LogP contribution >= 0.6 is 11.8 Å². The topological polar surface area (TPSA) is 20.3 Å². The Labute approximate surface area is 114 Å². The van der Waals surface area contributed by atoms with E-state index in [9.17, 15) is 4.79 Å². The summed E-state index contributed by atoms with van der Waals surface area (Å²) in [5.74, 6) is 1.36. The molecule has 0 N–H and O–H groups in total. The third kappa shape index (κ3) is 3.85. The molecular formula is C15H21NOS. The highest BCUT2D eigenvalue weighted by atomic mass is 32.2. The highest BCUT2D eigenvalue weighted by molar-refractivity contribution is 8.00. The summed E-state index contributed by atoms with van der Waals surface area (Å²) in [5.41, 5.74) is 0.827. The van der Waals surface area contributed by atoms with Crippen molar-refractivity contribution in [2.24, 2.45) is 0 Å². The van der Waals surface area contributed by atoms with Crippen molar-refractivity contribution in [3.63, 3.8) is 0 Å². The quantitative estimate of drug-likeness (QED) is 0.782. The average Bonchev–Trinajstić information content (AvgIpc) is 2.52. The molecule has 0 saturated carbocycles. The molecule has 1 heterocycles. The van der Waals surface area contributed by atoms with Crippen LogP contribution in [0.2, 0.25) is 0 Å². The van der Waals surface area contributed by atoms with Crippen LogP contribution in [-0.4, -0.2) is 40.8 Å². The van der Waals surface area contributed by atoms with Crippen LogP contribution in [0.4, 0.5) is 0 Å². The number of carbonyl (C=O) groups is 1. The van der Waals surface area contributed by atoms with Gasteiger partial charge in [-0.25, -0.2) is 0 Å².